The highest BCUT2D eigenvalue weighted by atomic mass is 32.2. The van der Waals surface area contributed by atoms with Gasteiger partial charge in [-0.05, 0) is 96.7 Å². The summed E-state index contributed by atoms with van der Waals surface area (Å²) < 4.78 is 0. The van der Waals surface area contributed by atoms with E-state index in [1.807, 2.05) is 0 Å². The SMILES string of the molecule is CC/C=C\C/C=C\C/C=C\C/C=C\C/C=C\CCSCC(C)=O.CC/C=C\C/C=C\C/C=C\C/C=C\CC/C=C/CSCC(C)=O. The number of carbonyl (C=O) groups is 2. The molecule has 0 spiro atoms. The van der Waals surface area contributed by atoms with Crippen LogP contribution in [0, 0.1) is 0 Å². The first-order valence-electron chi connectivity index (χ1n) is 17.2. The van der Waals surface area contributed by atoms with Crippen LogP contribution in [0.4, 0.5) is 0 Å². The Balaban J connectivity index is 0. The Hall–Kier alpha value is -2.56. The van der Waals surface area contributed by atoms with Crippen LogP contribution in [0.25, 0.3) is 0 Å². The first-order valence-corrected chi connectivity index (χ1v) is 19.5. The highest BCUT2D eigenvalue weighted by molar-refractivity contribution is 8.00. The topological polar surface area (TPSA) is 34.1 Å². The number of ketones is 2. The fourth-order valence-electron chi connectivity index (χ4n) is 3.48. The molecule has 46 heavy (non-hydrogen) atoms. The number of thioether (sulfide) groups is 2. The maximum atomic E-state index is 10.8. The molecule has 0 aromatic carbocycles. The van der Waals surface area contributed by atoms with Gasteiger partial charge in [-0.2, -0.15) is 11.8 Å². The Morgan fingerprint density at radius 1 is 0.391 bits per heavy atom. The van der Waals surface area contributed by atoms with E-state index in [9.17, 15) is 9.59 Å². The summed E-state index contributed by atoms with van der Waals surface area (Å²) >= 11 is 3.39. The van der Waals surface area contributed by atoms with E-state index in [0.29, 0.717) is 11.5 Å². The first-order chi connectivity index (χ1) is 22.5. The molecular weight excluding hydrogens is 601 g/mol. The van der Waals surface area contributed by atoms with Crippen LogP contribution < -0.4 is 0 Å². The van der Waals surface area contributed by atoms with Crippen molar-refractivity contribution in [1.82, 2.24) is 0 Å². The number of hydrogen-bond acceptors (Lipinski definition) is 4. The molecule has 0 aliphatic heterocycles. The molecule has 0 heterocycles. The second-order valence-electron chi connectivity index (χ2n) is 10.5. The molecule has 0 aromatic rings. The van der Waals surface area contributed by atoms with E-state index in [0.717, 1.165) is 88.6 Å². The summed E-state index contributed by atoms with van der Waals surface area (Å²) in [4.78, 5) is 21.5. The van der Waals surface area contributed by atoms with Crippen LogP contribution in [0.1, 0.15) is 105 Å². The van der Waals surface area contributed by atoms with Gasteiger partial charge in [0.2, 0.25) is 0 Å². The normalized spacial score (nSPS) is 12.8. The van der Waals surface area contributed by atoms with E-state index in [-0.39, 0.29) is 11.6 Å². The first kappa shape index (κ1) is 45.6. The Labute approximate surface area is 292 Å². The van der Waals surface area contributed by atoms with Crippen molar-refractivity contribution in [1.29, 1.82) is 0 Å². The Kier molecular flexibility index (Phi) is 42.0. The van der Waals surface area contributed by atoms with Crippen LogP contribution in [0.3, 0.4) is 0 Å². The predicted octanol–water partition coefficient (Wildman–Crippen LogP) is 12.9. The molecule has 0 aliphatic carbocycles. The summed E-state index contributed by atoms with van der Waals surface area (Å²) in [6, 6.07) is 0. The average molecular weight is 665 g/mol. The number of allylic oxidation sites excluding steroid dienone is 19. The minimum Gasteiger partial charge on any atom is -0.299 e. The quantitative estimate of drug-likeness (QED) is 0.0616. The maximum absolute atomic E-state index is 10.8. The van der Waals surface area contributed by atoms with Gasteiger partial charge in [-0.3, -0.25) is 9.59 Å². The van der Waals surface area contributed by atoms with Gasteiger partial charge < -0.3 is 0 Å². The van der Waals surface area contributed by atoms with Crippen LogP contribution in [0.5, 0.6) is 0 Å². The zero-order chi connectivity index (χ0) is 34.0. The lowest BCUT2D eigenvalue weighted by Gasteiger charge is -1.93. The van der Waals surface area contributed by atoms with Gasteiger partial charge >= 0.3 is 0 Å². The summed E-state index contributed by atoms with van der Waals surface area (Å²) in [6.07, 6.45) is 56.8. The lowest BCUT2D eigenvalue weighted by molar-refractivity contribution is -0.115. The molecule has 0 N–H and O–H groups in total. The summed E-state index contributed by atoms with van der Waals surface area (Å²) in [5, 5.41) is 0. The number of carbonyl (C=O) groups excluding carboxylic acids is 2. The Morgan fingerprint density at radius 3 is 1.07 bits per heavy atom. The molecule has 2 nitrogen and oxygen atoms in total. The highest BCUT2D eigenvalue weighted by Crippen LogP contribution is 2.04. The molecule has 0 aromatic heterocycles. The van der Waals surface area contributed by atoms with E-state index in [4.69, 9.17) is 0 Å². The number of Topliss-reactive ketones (excluding diaryl/α,β-unsaturated/α-hetero) is 2. The van der Waals surface area contributed by atoms with Crippen molar-refractivity contribution in [2.24, 2.45) is 0 Å². The van der Waals surface area contributed by atoms with Crippen LogP contribution in [0.2, 0.25) is 0 Å². The van der Waals surface area contributed by atoms with Gasteiger partial charge in [0.1, 0.15) is 11.6 Å². The third-order valence-corrected chi connectivity index (χ3v) is 7.97. The van der Waals surface area contributed by atoms with Gasteiger partial charge in [0.05, 0.1) is 11.5 Å². The van der Waals surface area contributed by atoms with Crippen molar-refractivity contribution < 1.29 is 9.59 Å². The van der Waals surface area contributed by atoms with Crippen LogP contribution >= 0.6 is 23.5 Å². The number of unbranched alkanes of at least 4 members (excludes halogenated alkanes) is 1. The van der Waals surface area contributed by atoms with Crippen molar-refractivity contribution >= 4 is 35.1 Å². The number of hydrogen-bond donors (Lipinski definition) is 0. The second kappa shape index (κ2) is 42.4. The van der Waals surface area contributed by atoms with E-state index in [2.05, 4.69) is 135 Å². The molecule has 4 heteroatoms. The van der Waals surface area contributed by atoms with E-state index < -0.39 is 0 Å². The van der Waals surface area contributed by atoms with Crippen LogP contribution in [-0.4, -0.2) is 34.6 Å². The van der Waals surface area contributed by atoms with Gasteiger partial charge in [0.15, 0.2) is 0 Å². The summed E-state index contributed by atoms with van der Waals surface area (Å²) in [7, 11) is 0. The summed E-state index contributed by atoms with van der Waals surface area (Å²) in [5.41, 5.74) is 0. The van der Waals surface area contributed by atoms with Crippen molar-refractivity contribution in [3.8, 4) is 0 Å². The molecule has 0 radical (unpaired) electrons. The van der Waals surface area contributed by atoms with Crippen LogP contribution in [-0.2, 0) is 9.59 Å². The lowest BCUT2D eigenvalue weighted by atomic mass is 10.2. The molecule has 0 aliphatic rings. The highest BCUT2D eigenvalue weighted by Gasteiger charge is 1.91. The van der Waals surface area contributed by atoms with Gasteiger partial charge in [-0.1, -0.05) is 135 Å². The molecule has 0 atom stereocenters. The van der Waals surface area contributed by atoms with Gasteiger partial charge in [0, 0.05) is 5.75 Å². The summed E-state index contributed by atoms with van der Waals surface area (Å²) in [6.45, 7) is 7.59. The third-order valence-electron chi connectivity index (χ3n) is 5.80. The molecule has 0 fully saturated rings. The maximum Gasteiger partial charge on any atom is 0.139 e. The van der Waals surface area contributed by atoms with E-state index >= 15 is 0 Å². The molecule has 0 bridgehead atoms. The molecular formula is C42H64O2S2. The van der Waals surface area contributed by atoms with Crippen molar-refractivity contribution in [2.75, 3.05) is 23.0 Å². The standard InChI is InChI=1S/2C21H32OS/c2*1-3-4-5-6-7-8-9-10-11-12-13-14-15-16-17-18-19-23-20-21(2)22/h4-5,7-8,10-11,13-14,17-18H,3,6,9,12,15-16,19-20H2,1-2H3;4-5,7-8,10-11,13-14,16-17H,3,6,9,12,15,18-20H2,1-2H3/b5-4-,8-7-,11-10-,14-13-,18-17+;5-4-,8-7-,11-10-,14-13-,17-16-. The Bertz CT molecular complexity index is 987. The fraction of sp³-hybridized carbons (Fsp3) is 0.476. The monoisotopic (exact) mass is 664 g/mol. The summed E-state index contributed by atoms with van der Waals surface area (Å²) in [5.74, 6) is 3.76. The van der Waals surface area contributed by atoms with Gasteiger partial charge in [0.25, 0.3) is 0 Å². The van der Waals surface area contributed by atoms with E-state index in [1.165, 1.54) is 0 Å². The zero-order valence-corrected chi connectivity index (χ0v) is 31.1. The fourth-order valence-corrected chi connectivity index (χ4v) is 4.89. The number of rotatable bonds is 28. The van der Waals surface area contributed by atoms with E-state index in [1.54, 1.807) is 37.4 Å². The average Bonchev–Trinajstić information content (AvgIpc) is 3.03. The van der Waals surface area contributed by atoms with Crippen LogP contribution in [0.15, 0.2) is 122 Å². The smallest absolute Gasteiger partial charge is 0.139 e. The molecule has 0 amide bonds. The minimum atomic E-state index is 0.253. The second-order valence-corrected chi connectivity index (χ2v) is 12.7. The molecule has 256 valence electrons. The molecule has 0 rings (SSSR count). The molecule has 0 saturated carbocycles. The van der Waals surface area contributed by atoms with Crippen molar-refractivity contribution in [2.45, 2.75) is 105 Å². The minimum absolute atomic E-state index is 0.253. The predicted molar refractivity (Wildman–Crippen MR) is 214 cm³/mol. The van der Waals surface area contributed by atoms with Crippen molar-refractivity contribution in [3.05, 3.63) is 122 Å². The van der Waals surface area contributed by atoms with Gasteiger partial charge in [-0.15, -0.1) is 11.8 Å². The largest absolute Gasteiger partial charge is 0.299 e. The zero-order valence-electron chi connectivity index (χ0n) is 29.5. The Morgan fingerprint density at radius 2 is 0.696 bits per heavy atom. The lowest BCUT2D eigenvalue weighted by Crippen LogP contribution is -1.93. The third kappa shape index (κ3) is 48.3. The van der Waals surface area contributed by atoms with Crippen molar-refractivity contribution in [3.63, 3.8) is 0 Å². The molecule has 0 unspecified atom stereocenters. The van der Waals surface area contributed by atoms with Gasteiger partial charge in [-0.25, -0.2) is 0 Å². The molecule has 0 saturated heterocycles.